The summed E-state index contributed by atoms with van der Waals surface area (Å²) in [6.07, 6.45) is 0. The molecule has 0 aliphatic rings. The van der Waals surface area contributed by atoms with E-state index in [-0.39, 0.29) is 0 Å². The van der Waals surface area contributed by atoms with E-state index in [9.17, 15) is 8.42 Å². The third-order valence-corrected chi connectivity index (χ3v) is 4.29. The van der Waals surface area contributed by atoms with Gasteiger partial charge in [0.25, 0.3) is 0 Å². The van der Waals surface area contributed by atoms with Crippen molar-refractivity contribution in [3.05, 3.63) is 29.8 Å². The minimum Gasteiger partial charge on any atom is -0.207 e. The average Bonchev–Trinajstić information content (AvgIpc) is 2.17. The Kier molecular flexibility index (Phi) is 3.69. The van der Waals surface area contributed by atoms with Crippen molar-refractivity contribution >= 4 is 26.0 Å². The van der Waals surface area contributed by atoms with E-state index in [2.05, 4.69) is 15.9 Å². The highest BCUT2D eigenvalue weighted by atomic mass is 79.9. The molecule has 0 fully saturated rings. The van der Waals surface area contributed by atoms with Crippen LogP contribution in [0.4, 0.5) is 0 Å². The van der Waals surface area contributed by atoms with Gasteiger partial charge in [0, 0.05) is 19.4 Å². The molecule has 1 aromatic rings. The molecule has 0 radical (unpaired) electrons. The second kappa shape index (κ2) is 4.42. The lowest BCUT2D eigenvalue weighted by Crippen LogP contribution is -2.22. The number of nitrogens with zero attached hydrogens (tertiary/aromatic N) is 1. The van der Waals surface area contributed by atoms with Crippen LogP contribution in [-0.4, -0.2) is 26.8 Å². The maximum absolute atomic E-state index is 11.7. The van der Waals surface area contributed by atoms with E-state index in [1.165, 1.54) is 18.4 Å². The van der Waals surface area contributed by atoms with Crippen LogP contribution in [-0.2, 0) is 15.4 Å². The van der Waals surface area contributed by atoms with E-state index >= 15 is 0 Å². The first-order chi connectivity index (χ1) is 6.48. The van der Waals surface area contributed by atoms with E-state index < -0.39 is 10.0 Å². The summed E-state index contributed by atoms with van der Waals surface area (Å²) in [4.78, 5) is 0.333. The largest absolute Gasteiger partial charge is 0.242 e. The summed E-state index contributed by atoms with van der Waals surface area (Å²) < 4.78 is 24.6. The molecule has 0 atom stereocenters. The Morgan fingerprint density at radius 2 is 2.00 bits per heavy atom. The van der Waals surface area contributed by atoms with Crippen LogP contribution in [0.3, 0.4) is 0 Å². The summed E-state index contributed by atoms with van der Waals surface area (Å²) in [5, 5.41) is 0.657. The predicted octanol–water partition coefficient (Wildman–Crippen LogP) is 1.83. The Morgan fingerprint density at radius 1 is 1.36 bits per heavy atom. The molecule has 0 heterocycles. The van der Waals surface area contributed by atoms with Gasteiger partial charge in [-0.05, 0) is 17.7 Å². The van der Waals surface area contributed by atoms with Gasteiger partial charge in [0.2, 0.25) is 10.0 Å². The van der Waals surface area contributed by atoms with Gasteiger partial charge in [-0.3, -0.25) is 0 Å². The van der Waals surface area contributed by atoms with Gasteiger partial charge in [-0.1, -0.05) is 28.1 Å². The molecule has 0 aliphatic carbocycles. The summed E-state index contributed by atoms with van der Waals surface area (Å²) in [6, 6.07) is 6.89. The van der Waals surface area contributed by atoms with Gasteiger partial charge in [-0.2, -0.15) is 0 Å². The fourth-order valence-corrected chi connectivity index (χ4v) is 2.32. The Bertz CT molecular complexity index is 415. The van der Waals surface area contributed by atoms with Gasteiger partial charge in [-0.15, -0.1) is 0 Å². The SMILES string of the molecule is CN(C)S(=O)(=O)c1cccc(CBr)c1. The zero-order valence-corrected chi connectivity index (χ0v) is 10.5. The van der Waals surface area contributed by atoms with Crippen LogP contribution < -0.4 is 0 Å². The summed E-state index contributed by atoms with van der Waals surface area (Å²) in [5.74, 6) is 0. The number of hydrogen-bond acceptors (Lipinski definition) is 2. The third-order valence-electron chi connectivity index (χ3n) is 1.83. The van der Waals surface area contributed by atoms with Crippen molar-refractivity contribution in [3.63, 3.8) is 0 Å². The minimum absolute atomic E-state index is 0.333. The summed E-state index contributed by atoms with van der Waals surface area (Å²) in [5.41, 5.74) is 0.952. The number of sulfonamides is 1. The number of halogens is 1. The lowest BCUT2D eigenvalue weighted by molar-refractivity contribution is 0.520. The molecule has 0 spiro atoms. The molecule has 0 N–H and O–H groups in total. The average molecular weight is 278 g/mol. The standard InChI is InChI=1S/C9H12BrNO2S/c1-11(2)14(12,13)9-5-3-4-8(6-9)7-10/h3-6H,7H2,1-2H3. The second-order valence-corrected chi connectivity index (χ2v) is 5.78. The highest BCUT2D eigenvalue weighted by Gasteiger charge is 2.16. The first-order valence-corrected chi connectivity index (χ1v) is 6.62. The molecule has 5 heteroatoms. The van der Waals surface area contributed by atoms with Crippen LogP contribution in [0.25, 0.3) is 0 Å². The van der Waals surface area contributed by atoms with Crippen molar-refractivity contribution in [2.75, 3.05) is 14.1 Å². The maximum Gasteiger partial charge on any atom is 0.242 e. The molecule has 14 heavy (non-hydrogen) atoms. The van der Waals surface area contributed by atoms with Crippen molar-refractivity contribution in [1.29, 1.82) is 0 Å². The summed E-state index contributed by atoms with van der Waals surface area (Å²) in [7, 11) is -0.249. The van der Waals surface area contributed by atoms with E-state index in [4.69, 9.17) is 0 Å². The number of rotatable bonds is 3. The van der Waals surface area contributed by atoms with E-state index in [0.717, 1.165) is 5.56 Å². The Morgan fingerprint density at radius 3 is 2.50 bits per heavy atom. The molecule has 1 aromatic carbocycles. The molecule has 0 bridgehead atoms. The van der Waals surface area contributed by atoms with Crippen molar-refractivity contribution in [2.45, 2.75) is 10.2 Å². The fraction of sp³-hybridized carbons (Fsp3) is 0.333. The number of hydrogen-bond donors (Lipinski definition) is 0. The topological polar surface area (TPSA) is 37.4 Å². The molecular weight excluding hydrogens is 266 g/mol. The first-order valence-electron chi connectivity index (χ1n) is 4.06. The number of benzene rings is 1. The predicted molar refractivity (Wildman–Crippen MR) is 59.9 cm³/mol. The summed E-state index contributed by atoms with van der Waals surface area (Å²) in [6.45, 7) is 0. The molecule has 0 aliphatic heterocycles. The van der Waals surface area contributed by atoms with Crippen molar-refractivity contribution in [3.8, 4) is 0 Å². The highest BCUT2D eigenvalue weighted by Crippen LogP contribution is 2.16. The lowest BCUT2D eigenvalue weighted by atomic mass is 10.2. The molecule has 0 amide bonds. The van der Waals surface area contributed by atoms with Crippen LogP contribution in [0, 0.1) is 0 Å². The Hall–Kier alpha value is -0.390. The zero-order valence-electron chi connectivity index (χ0n) is 8.07. The fourth-order valence-electron chi connectivity index (χ4n) is 1.000. The lowest BCUT2D eigenvalue weighted by Gasteiger charge is -2.11. The van der Waals surface area contributed by atoms with Crippen molar-refractivity contribution < 1.29 is 8.42 Å². The monoisotopic (exact) mass is 277 g/mol. The van der Waals surface area contributed by atoms with Gasteiger partial charge >= 0.3 is 0 Å². The molecule has 1 rings (SSSR count). The van der Waals surface area contributed by atoms with E-state index in [1.807, 2.05) is 6.07 Å². The normalized spacial score (nSPS) is 12.0. The van der Waals surface area contributed by atoms with Gasteiger partial charge in [0.1, 0.15) is 0 Å². The van der Waals surface area contributed by atoms with Crippen molar-refractivity contribution in [2.24, 2.45) is 0 Å². The smallest absolute Gasteiger partial charge is 0.207 e. The van der Waals surface area contributed by atoms with Gasteiger partial charge in [-0.25, -0.2) is 12.7 Å². The maximum atomic E-state index is 11.7. The van der Waals surface area contributed by atoms with Crippen LogP contribution in [0.5, 0.6) is 0 Å². The van der Waals surface area contributed by atoms with Gasteiger partial charge in [0.05, 0.1) is 4.90 Å². The van der Waals surface area contributed by atoms with E-state index in [0.29, 0.717) is 10.2 Å². The van der Waals surface area contributed by atoms with Crippen LogP contribution in [0.1, 0.15) is 5.56 Å². The van der Waals surface area contributed by atoms with Crippen molar-refractivity contribution in [1.82, 2.24) is 4.31 Å². The number of alkyl halides is 1. The quantitative estimate of drug-likeness (QED) is 0.791. The van der Waals surface area contributed by atoms with E-state index in [1.54, 1.807) is 18.2 Å². The van der Waals surface area contributed by atoms with Crippen LogP contribution >= 0.6 is 15.9 Å². The Balaban J connectivity index is 3.20. The second-order valence-electron chi connectivity index (χ2n) is 3.07. The highest BCUT2D eigenvalue weighted by molar-refractivity contribution is 9.08. The molecule has 0 saturated heterocycles. The van der Waals surface area contributed by atoms with Crippen LogP contribution in [0.15, 0.2) is 29.2 Å². The molecule has 0 aromatic heterocycles. The molecular formula is C9H12BrNO2S. The van der Waals surface area contributed by atoms with Gasteiger partial charge < -0.3 is 0 Å². The molecule has 0 saturated carbocycles. The molecule has 78 valence electrons. The van der Waals surface area contributed by atoms with Crippen LogP contribution in [0.2, 0.25) is 0 Å². The minimum atomic E-state index is -3.30. The van der Waals surface area contributed by atoms with Gasteiger partial charge in [0.15, 0.2) is 0 Å². The first kappa shape index (κ1) is 11.7. The Labute approximate surface area is 92.9 Å². The molecule has 3 nitrogen and oxygen atoms in total. The third kappa shape index (κ3) is 2.34. The zero-order chi connectivity index (χ0) is 10.8. The molecule has 0 unspecified atom stereocenters. The summed E-state index contributed by atoms with van der Waals surface area (Å²) >= 11 is 3.29.